The van der Waals surface area contributed by atoms with E-state index < -0.39 is 71.8 Å². The number of nitrogens with zero attached hydrogens (tertiary/aromatic N) is 2. The van der Waals surface area contributed by atoms with Gasteiger partial charge in [0.1, 0.15) is 30.2 Å². The molecule has 1 saturated heterocycles. The van der Waals surface area contributed by atoms with E-state index >= 15 is 0 Å². The summed E-state index contributed by atoms with van der Waals surface area (Å²) in [7, 11) is 0. The number of aliphatic hydroxyl groups is 1. The van der Waals surface area contributed by atoms with E-state index in [0.29, 0.717) is 44.3 Å². The van der Waals surface area contributed by atoms with Gasteiger partial charge in [-0.05, 0) is 57.1 Å². The molecule has 0 radical (unpaired) electrons. The number of likely N-dealkylation sites (tertiary alicyclic amines) is 1. The van der Waals surface area contributed by atoms with Gasteiger partial charge in [-0.15, -0.1) is 0 Å². The second-order valence-corrected chi connectivity index (χ2v) is 13.5. The van der Waals surface area contributed by atoms with Gasteiger partial charge >= 0.3 is 0 Å². The van der Waals surface area contributed by atoms with Crippen molar-refractivity contribution in [2.75, 3.05) is 19.6 Å². The molecule has 292 valence electrons. The molecule has 6 amide bonds. The molecule has 1 aromatic heterocycles. The summed E-state index contributed by atoms with van der Waals surface area (Å²) < 4.78 is 0. The molecule has 53 heavy (non-hydrogen) atoms. The molecule has 0 bridgehead atoms. The molecule has 2 heterocycles. The van der Waals surface area contributed by atoms with Crippen LogP contribution in [0.2, 0.25) is 0 Å². The first-order chi connectivity index (χ1) is 25.2. The molecule has 2 aromatic rings. The number of nitrogens with one attached hydrogen (secondary N) is 6. The van der Waals surface area contributed by atoms with Crippen molar-refractivity contribution in [1.82, 2.24) is 36.5 Å². The molecule has 17 heteroatoms. The summed E-state index contributed by atoms with van der Waals surface area (Å²) in [5.41, 5.74) is 12.5. The Balaban J connectivity index is 1.91. The summed E-state index contributed by atoms with van der Waals surface area (Å²) >= 11 is 0. The minimum atomic E-state index is -1.35. The van der Waals surface area contributed by atoms with E-state index in [-0.39, 0.29) is 31.3 Å². The summed E-state index contributed by atoms with van der Waals surface area (Å²) in [4.78, 5) is 88.9. The van der Waals surface area contributed by atoms with Gasteiger partial charge in [0.2, 0.25) is 35.4 Å². The monoisotopic (exact) mass is 740 g/mol. The maximum atomic E-state index is 14.2. The van der Waals surface area contributed by atoms with Gasteiger partial charge in [-0.3, -0.25) is 33.8 Å². The van der Waals surface area contributed by atoms with Crippen LogP contribution >= 0.6 is 0 Å². The number of rotatable bonds is 19. The average Bonchev–Trinajstić information content (AvgIpc) is 3.77. The predicted molar refractivity (Wildman–Crippen MR) is 200 cm³/mol. The molecule has 1 fully saturated rings. The lowest BCUT2D eigenvalue weighted by Gasteiger charge is -2.31. The number of H-pyrrole nitrogens is 1. The predicted octanol–water partition coefficient (Wildman–Crippen LogP) is -0.723. The summed E-state index contributed by atoms with van der Waals surface area (Å²) in [6, 6.07) is 1.97. The van der Waals surface area contributed by atoms with Gasteiger partial charge in [-0.2, -0.15) is 0 Å². The number of carbonyl (C=O) groups is 6. The van der Waals surface area contributed by atoms with Crippen LogP contribution in [0, 0.1) is 5.92 Å². The van der Waals surface area contributed by atoms with Gasteiger partial charge < -0.3 is 53.0 Å². The molecule has 0 spiro atoms. The van der Waals surface area contributed by atoms with Crippen molar-refractivity contribution in [3.8, 4) is 0 Å². The number of guanidine groups is 1. The van der Waals surface area contributed by atoms with E-state index in [2.05, 4.69) is 36.6 Å². The van der Waals surface area contributed by atoms with Gasteiger partial charge in [0.25, 0.3) is 0 Å². The molecule has 0 unspecified atom stereocenters. The Labute approximate surface area is 309 Å². The highest BCUT2D eigenvalue weighted by atomic mass is 16.3. The fourth-order valence-electron chi connectivity index (χ4n) is 6.39. The first-order valence-corrected chi connectivity index (χ1v) is 18.2. The lowest BCUT2D eigenvalue weighted by molar-refractivity contribution is -0.142. The lowest BCUT2D eigenvalue weighted by Crippen LogP contribution is -2.61. The lowest BCUT2D eigenvalue weighted by atomic mass is 9.96. The van der Waals surface area contributed by atoms with Crippen molar-refractivity contribution < 1.29 is 33.9 Å². The van der Waals surface area contributed by atoms with E-state index in [9.17, 15) is 33.9 Å². The number of likely N-dealkylation sites (N-methyl/N-ethyl adjacent to an activating group) is 1. The molecular weight excluding hydrogens is 684 g/mol. The highest BCUT2D eigenvalue weighted by molar-refractivity contribution is 5.97. The summed E-state index contributed by atoms with van der Waals surface area (Å²) in [5.74, 6) is -3.89. The number of aliphatic imine (C=N–C) groups is 1. The van der Waals surface area contributed by atoms with Crippen LogP contribution in [0.3, 0.4) is 0 Å². The first kappa shape index (κ1) is 42.2. The molecule has 17 nitrogen and oxygen atoms in total. The SMILES string of the molecule is CCNC(=O)[C@@H]1CCCN1C(=O)[C@H](CCCN=C(N)N)NC(=O)[C@@H](NC(=O)[C@H](Cc1c[nH]c2ccccc12)NC(=O)[C@@H](NC(C)=O)[C@@H](C)O)[C@@H](C)CC. The second-order valence-electron chi connectivity index (χ2n) is 13.5. The fraction of sp³-hybridized carbons (Fsp3) is 0.583. The molecule has 11 N–H and O–H groups in total. The number of para-hydroxylation sites is 1. The second kappa shape index (κ2) is 20.2. The zero-order valence-electron chi connectivity index (χ0n) is 31.2. The zero-order chi connectivity index (χ0) is 39.2. The highest BCUT2D eigenvalue weighted by Gasteiger charge is 2.39. The van der Waals surface area contributed by atoms with E-state index in [0.717, 1.165) is 10.9 Å². The van der Waals surface area contributed by atoms with Crippen molar-refractivity contribution >= 4 is 52.3 Å². The summed E-state index contributed by atoms with van der Waals surface area (Å²) in [6.07, 6.45) is 2.52. The summed E-state index contributed by atoms with van der Waals surface area (Å²) in [5, 5.41) is 24.6. The molecule has 1 aliphatic rings. The minimum absolute atomic E-state index is 0.00507. The molecular formula is C36H56N10O7. The molecule has 1 aliphatic heterocycles. The van der Waals surface area contributed by atoms with E-state index in [1.165, 1.54) is 18.7 Å². The van der Waals surface area contributed by atoms with Crippen LogP contribution in [0.25, 0.3) is 10.9 Å². The Bertz CT molecular complexity index is 1620. The van der Waals surface area contributed by atoms with Crippen molar-refractivity contribution in [2.24, 2.45) is 22.4 Å². The summed E-state index contributed by atoms with van der Waals surface area (Å²) in [6.45, 7) is 8.91. The van der Waals surface area contributed by atoms with Crippen LogP contribution in [0.15, 0.2) is 35.5 Å². The smallest absolute Gasteiger partial charge is 0.245 e. The standard InChI is InChI=1S/C36H56N10O7/c1-6-20(3)29(33(51)43-26(14-10-16-40-36(37)38)35(53)46-17-11-15-28(46)32(50)39-7-2)45-31(49)27(44-34(52)30(21(4)47)42-22(5)48)18-23-19-41-25-13-9-8-12-24(23)25/h8-9,12-13,19-21,26-30,41,47H,6-7,10-11,14-18H2,1-5H3,(H,39,50)(H,42,48)(H,43,51)(H,44,52)(H,45,49)(H4,37,38,40)/t20-,21+,26-,27-,28-,29-,30-/m0/s1. The quantitative estimate of drug-likeness (QED) is 0.0499. The number of aliphatic hydroxyl groups excluding tert-OH is 1. The molecule has 0 aliphatic carbocycles. The number of carbonyl (C=O) groups excluding carboxylic acids is 6. The van der Waals surface area contributed by atoms with E-state index in [4.69, 9.17) is 11.5 Å². The van der Waals surface area contributed by atoms with Crippen molar-refractivity contribution in [1.29, 1.82) is 0 Å². The highest BCUT2D eigenvalue weighted by Crippen LogP contribution is 2.22. The molecule has 1 aromatic carbocycles. The Morgan fingerprint density at radius 3 is 2.28 bits per heavy atom. The number of hydrogen-bond donors (Lipinski definition) is 9. The third kappa shape index (κ3) is 11.9. The van der Waals surface area contributed by atoms with Gasteiger partial charge in [0.15, 0.2) is 5.96 Å². The van der Waals surface area contributed by atoms with E-state index in [1.807, 2.05) is 31.2 Å². The Kier molecular flexibility index (Phi) is 16.1. The van der Waals surface area contributed by atoms with Crippen molar-refractivity contribution in [3.63, 3.8) is 0 Å². The Morgan fingerprint density at radius 2 is 1.64 bits per heavy atom. The number of fused-ring (bicyclic) bond motifs is 1. The number of hydrogen-bond acceptors (Lipinski definition) is 8. The van der Waals surface area contributed by atoms with Crippen LogP contribution in [-0.2, 0) is 35.2 Å². The van der Waals surface area contributed by atoms with Crippen LogP contribution in [0.4, 0.5) is 0 Å². The van der Waals surface area contributed by atoms with Crippen LogP contribution in [0.1, 0.15) is 72.3 Å². The third-order valence-electron chi connectivity index (χ3n) is 9.40. The minimum Gasteiger partial charge on any atom is -0.391 e. The third-order valence-corrected chi connectivity index (χ3v) is 9.40. The van der Waals surface area contributed by atoms with Gasteiger partial charge in [-0.1, -0.05) is 38.5 Å². The molecule has 0 saturated carbocycles. The Morgan fingerprint density at radius 1 is 0.962 bits per heavy atom. The van der Waals surface area contributed by atoms with Crippen LogP contribution < -0.4 is 38.1 Å². The zero-order valence-corrected chi connectivity index (χ0v) is 31.2. The maximum Gasteiger partial charge on any atom is 0.245 e. The topological polar surface area (TPSA) is 266 Å². The average molecular weight is 741 g/mol. The number of aromatic nitrogens is 1. The molecule has 7 atom stereocenters. The van der Waals surface area contributed by atoms with Crippen LogP contribution in [0.5, 0.6) is 0 Å². The van der Waals surface area contributed by atoms with Crippen molar-refractivity contribution in [2.45, 2.75) is 109 Å². The van der Waals surface area contributed by atoms with Gasteiger partial charge in [0, 0.05) is 50.1 Å². The van der Waals surface area contributed by atoms with Crippen molar-refractivity contribution in [3.05, 3.63) is 36.0 Å². The largest absolute Gasteiger partial charge is 0.391 e. The maximum absolute atomic E-state index is 14.2. The number of aromatic amines is 1. The first-order valence-electron chi connectivity index (χ1n) is 18.2. The number of benzene rings is 1. The normalized spacial score (nSPS) is 17.4. The Hall–Kier alpha value is -5.19. The number of amides is 6. The van der Waals surface area contributed by atoms with Gasteiger partial charge in [0.05, 0.1) is 6.10 Å². The number of nitrogens with two attached hydrogens (primary N) is 2. The van der Waals surface area contributed by atoms with Crippen LogP contribution in [-0.4, -0.2) is 112 Å². The molecule has 3 rings (SSSR count). The van der Waals surface area contributed by atoms with E-state index in [1.54, 1.807) is 20.0 Å². The van der Waals surface area contributed by atoms with Gasteiger partial charge in [-0.25, -0.2) is 0 Å². The fourth-order valence-corrected chi connectivity index (χ4v) is 6.39.